The predicted molar refractivity (Wildman–Crippen MR) is 88.1 cm³/mol. The largest absolute Gasteiger partial charge is 0.367 e. The van der Waals surface area contributed by atoms with Crippen molar-refractivity contribution in [2.45, 2.75) is 35.6 Å². The topological polar surface area (TPSA) is 94.5 Å². The summed E-state index contributed by atoms with van der Waals surface area (Å²) >= 11 is -0.398. The van der Waals surface area contributed by atoms with Crippen LogP contribution in [-0.4, -0.2) is 30.7 Å². The Balaban J connectivity index is 1.66. The number of nitrogens with zero attached hydrogens (tertiary/aromatic N) is 2. The number of H-pyrrole nitrogens is 1. The fourth-order valence-electron chi connectivity index (χ4n) is 2.78. The standard InChI is InChI=1S/C14H16IN5O/c16-15-8-3-9(4-8)20-14-11-10(12(21)7-1-2-7)5-17-13(11)18-6-19-14/h5-9,16H,1-4H2,(H2,17,18,19,20). The maximum Gasteiger partial charge on any atom is 0.168 e. The first-order chi connectivity index (χ1) is 10.3. The van der Waals surface area contributed by atoms with Gasteiger partial charge in [-0.1, -0.05) is 0 Å². The van der Waals surface area contributed by atoms with Gasteiger partial charge in [0.2, 0.25) is 0 Å². The summed E-state index contributed by atoms with van der Waals surface area (Å²) in [5, 5.41) is 4.27. The number of nitrogens with one attached hydrogen (secondary N) is 3. The van der Waals surface area contributed by atoms with Crippen molar-refractivity contribution >= 4 is 43.7 Å². The highest BCUT2D eigenvalue weighted by atomic mass is 127. The molecule has 0 amide bonds. The number of hydrogen-bond acceptors (Lipinski definition) is 5. The monoisotopic (exact) mass is 397 g/mol. The van der Waals surface area contributed by atoms with E-state index in [4.69, 9.17) is 3.56 Å². The van der Waals surface area contributed by atoms with E-state index in [1.165, 1.54) is 6.33 Å². The minimum Gasteiger partial charge on any atom is -0.367 e. The van der Waals surface area contributed by atoms with E-state index in [2.05, 4.69) is 20.3 Å². The zero-order chi connectivity index (χ0) is 14.4. The lowest BCUT2D eigenvalue weighted by atomic mass is 9.93. The number of alkyl halides is 1. The van der Waals surface area contributed by atoms with Crippen LogP contribution in [0, 0.1) is 9.48 Å². The maximum atomic E-state index is 12.4. The third kappa shape index (κ3) is 2.37. The average molecular weight is 397 g/mol. The number of ketones is 1. The van der Waals surface area contributed by atoms with Crippen LogP contribution in [-0.2, 0) is 0 Å². The lowest BCUT2D eigenvalue weighted by molar-refractivity contribution is 0.0969. The van der Waals surface area contributed by atoms with Crippen LogP contribution in [0.3, 0.4) is 0 Å². The Bertz CT molecular complexity index is 717. The quantitative estimate of drug-likeness (QED) is 0.410. The Kier molecular flexibility index (Phi) is 3.24. The van der Waals surface area contributed by atoms with Crippen LogP contribution in [0.5, 0.6) is 0 Å². The number of rotatable bonds is 5. The van der Waals surface area contributed by atoms with E-state index < -0.39 is 21.0 Å². The van der Waals surface area contributed by atoms with Gasteiger partial charge in [-0.05, 0) is 46.7 Å². The first kappa shape index (κ1) is 13.3. The average Bonchev–Trinajstić information content (AvgIpc) is 3.21. The van der Waals surface area contributed by atoms with Gasteiger partial charge in [0, 0.05) is 27.6 Å². The van der Waals surface area contributed by atoms with Crippen LogP contribution in [0.15, 0.2) is 12.5 Å². The molecule has 0 saturated heterocycles. The number of aromatic amines is 1. The number of Topliss-reactive ketones (excluding diaryl/α,β-unsaturated/α-hetero) is 1. The van der Waals surface area contributed by atoms with Crippen molar-refractivity contribution in [3.8, 4) is 0 Å². The van der Waals surface area contributed by atoms with E-state index in [0.717, 1.165) is 48.1 Å². The highest BCUT2D eigenvalue weighted by molar-refractivity contribution is 14.1. The van der Waals surface area contributed by atoms with Crippen molar-refractivity contribution in [2.24, 2.45) is 5.92 Å². The molecule has 2 heterocycles. The number of hydrogen-bond donors (Lipinski definition) is 3. The molecule has 2 aliphatic rings. The van der Waals surface area contributed by atoms with E-state index in [1.54, 1.807) is 6.20 Å². The second-order valence-corrected chi connectivity index (χ2v) is 8.19. The molecule has 4 rings (SSSR count). The fourth-order valence-corrected chi connectivity index (χ4v) is 4.52. The van der Waals surface area contributed by atoms with Crippen LogP contribution in [0.4, 0.5) is 5.82 Å². The van der Waals surface area contributed by atoms with Crippen LogP contribution in [0.25, 0.3) is 11.0 Å². The number of halogens is 1. The molecule has 0 unspecified atom stereocenters. The SMILES string of the molecule is N=IC1CC(Nc2ncnc3[nH]cc(C(=O)C4CC4)c23)C1. The molecule has 2 saturated carbocycles. The van der Waals surface area contributed by atoms with Gasteiger partial charge in [-0.3, -0.25) is 8.36 Å². The summed E-state index contributed by atoms with van der Waals surface area (Å²) in [6, 6.07) is 0.386. The Labute approximate surface area is 132 Å². The predicted octanol–water partition coefficient (Wildman–Crippen LogP) is 3.23. The zero-order valence-electron chi connectivity index (χ0n) is 11.4. The Morgan fingerprint density at radius 3 is 2.90 bits per heavy atom. The molecule has 0 aromatic carbocycles. The van der Waals surface area contributed by atoms with Crippen molar-refractivity contribution in [1.29, 1.82) is 3.56 Å². The maximum absolute atomic E-state index is 12.4. The number of carbonyl (C=O) groups excluding carboxylic acids is 1. The summed E-state index contributed by atoms with van der Waals surface area (Å²) in [6.45, 7) is 0. The third-order valence-electron chi connectivity index (χ3n) is 4.26. The van der Waals surface area contributed by atoms with Gasteiger partial charge in [0.05, 0.1) is 5.39 Å². The molecule has 21 heavy (non-hydrogen) atoms. The minimum atomic E-state index is -0.398. The van der Waals surface area contributed by atoms with E-state index in [9.17, 15) is 4.79 Å². The number of anilines is 1. The molecule has 110 valence electrons. The molecule has 2 fully saturated rings. The first-order valence-electron chi connectivity index (χ1n) is 7.18. The summed E-state index contributed by atoms with van der Waals surface area (Å²) in [7, 11) is 0. The van der Waals surface area contributed by atoms with Crippen molar-refractivity contribution in [2.75, 3.05) is 5.32 Å². The summed E-state index contributed by atoms with van der Waals surface area (Å²) in [4.78, 5) is 24.0. The second kappa shape index (κ2) is 5.11. The fraction of sp³-hybridized carbons (Fsp3) is 0.500. The van der Waals surface area contributed by atoms with Gasteiger partial charge < -0.3 is 10.3 Å². The molecule has 2 aromatic heterocycles. The second-order valence-electron chi connectivity index (χ2n) is 5.81. The summed E-state index contributed by atoms with van der Waals surface area (Å²) in [5.41, 5.74) is 1.44. The van der Waals surface area contributed by atoms with Gasteiger partial charge >= 0.3 is 0 Å². The molecule has 3 N–H and O–H groups in total. The van der Waals surface area contributed by atoms with Gasteiger partial charge in [-0.25, -0.2) is 9.97 Å². The molecule has 0 bridgehead atoms. The van der Waals surface area contributed by atoms with Crippen molar-refractivity contribution < 1.29 is 4.79 Å². The first-order valence-corrected chi connectivity index (χ1v) is 9.50. The molecule has 7 heteroatoms. The molecule has 0 spiro atoms. The molecular formula is C14H16IN5O. The summed E-state index contributed by atoms with van der Waals surface area (Å²) in [6.07, 6.45) is 7.40. The molecule has 2 aromatic rings. The van der Waals surface area contributed by atoms with Crippen LogP contribution in [0.1, 0.15) is 36.0 Å². The number of aromatic nitrogens is 3. The third-order valence-corrected chi connectivity index (χ3v) is 6.16. The van der Waals surface area contributed by atoms with E-state index in [-0.39, 0.29) is 11.7 Å². The Morgan fingerprint density at radius 2 is 2.19 bits per heavy atom. The Morgan fingerprint density at radius 1 is 1.38 bits per heavy atom. The molecular weight excluding hydrogens is 381 g/mol. The molecule has 0 atom stereocenters. The minimum absolute atomic E-state index is 0.193. The molecule has 0 aliphatic heterocycles. The zero-order valence-corrected chi connectivity index (χ0v) is 13.6. The van der Waals surface area contributed by atoms with E-state index in [0.29, 0.717) is 9.97 Å². The van der Waals surface area contributed by atoms with Crippen molar-refractivity contribution in [1.82, 2.24) is 15.0 Å². The van der Waals surface area contributed by atoms with Gasteiger partial charge in [-0.15, -0.1) is 0 Å². The van der Waals surface area contributed by atoms with E-state index in [1.807, 2.05) is 0 Å². The van der Waals surface area contributed by atoms with Gasteiger partial charge in [-0.2, -0.15) is 0 Å². The number of fused-ring (bicyclic) bond motifs is 1. The normalized spacial score (nSPS) is 24.8. The molecule has 0 radical (unpaired) electrons. The molecule has 6 nitrogen and oxygen atoms in total. The van der Waals surface area contributed by atoms with Crippen LogP contribution < -0.4 is 5.32 Å². The lowest BCUT2D eigenvalue weighted by Crippen LogP contribution is -2.36. The summed E-state index contributed by atoms with van der Waals surface area (Å²) in [5.74, 6) is 1.16. The van der Waals surface area contributed by atoms with E-state index >= 15 is 0 Å². The van der Waals surface area contributed by atoms with Crippen molar-refractivity contribution in [3.63, 3.8) is 0 Å². The number of carbonyl (C=O) groups is 1. The highest BCUT2D eigenvalue weighted by Gasteiger charge is 2.33. The van der Waals surface area contributed by atoms with Gasteiger partial charge in [0.15, 0.2) is 5.78 Å². The Hall–Kier alpha value is -1.38. The highest BCUT2D eigenvalue weighted by Crippen LogP contribution is 2.37. The van der Waals surface area contributed by atoms with Crippen molar-refractivity contribution in [3.05, 3.63) is 18.1 Å². The van der Waals surface area contributed by atoms with Gasteiger partial charge in [0.1, 0.15) is 17.8 Å². The summed E-state index contributed by atoms with van der Waals surface area (Å²) < 4.78 is 8.10. The van der Waals surface area contributed by atoms with Crippen LogP contribution >= 0.6 is 21.0 Å². The molecule has 2 aliphatic carbocycles. The lowest BCUT2D eigenvalue weighted by Gasteiger charge is -2.32. The smallest absolute Gasteiger partial charge is 0.168 e. The van der Waals surface area contributed by atoms with Gasteiger partial charge in [0.25, 0.3) is 0 Å². The van der Waals surface area contributed by atoms with Crippen LogP contribution in [0.2, 0.25) is 0 Å².